The van der Waals surface area contributed by atoms with Crippen molar-refractivity contribution < 1.29 is 9.47 Å². The lowest BCUT2D eigenvalue weighted by atomic mass is 9.98. The second kappa shape index (κ2) is 8.75. The van der Waals surface area contributed by atoms with Crippen molar-refractivity contribution in [3.8, 4) is 22.6 Å². The van der Waals surface area contributed by atoms with E-state index in [1.54, 1.807) is 7.11 Å². The summed E-state index contributed by atoms with van der Waals surface area (Å²) >= 11 is 0. The third-order valence-corrected chi connectivity index (χ3v) is 5.19. The van der Waals surface area contributed by atoms with Gasteiger partial charge in [0.2, 0.25) is 0 Å². The first-order chi connectivity index (χ1) is 13.8. The highest BCUT2D eigenvalue weighted by atomic mass is 16.5. The Kier molecular flexibility index (Phi) is 5.72. The van der Waals surface area contributed by atoms with E-state index >= 15 is 0 Å². The van der Waals surface area contributed by atoms with Crippen molar-refractivity contribution >= 4 is 12.2 Å². The second-order valence-corrected chi connectivity index (χ2v) is 7.09. The van der Waals surface area contributed by atoms with E-state index in [4.69, 9.17) is 9.47 Å². The molecule has 0 unspecified atom stereocenters. The molecule has 1 saturated carbocycles. The SMILES string of the molecule is COc1ccc(-c2ccccc2C=Cc2ccncc2)cc1OC1CCCC1. The number of methoxy groups -OCH3 is 1. The summed E-state index contributed by atoms with van der Waals surface area (Å²) in [5.74, 6) is 1.63. The van der Waals surface area contributed by atoms with Crippen LogP contribution in [-0.4, -0.2) is 18.2 Å². The van der Waals surface area contributed by atoms with Crippen molar-refractivity contribution in [1.29, 1.82) is 0 Å². The molecule has 1 aliphatic carbocycles. The fourth-order valence-electron chi connectivity index (χ4n) is 3.69. The quantitative estimate of drug-likeness (QED) is 0.513. The van der Waals surface area contributed by atoms with Crippen molar-refractivity contribution in [2.45, 2.75) is 31.8 Å². The Balaban J connectivity index is 1.66. The summed E-state index contributed by atoms with van der Waals surface area (Å²) < 4.78 is 11.8. The van der Waals surface area contributed by atoms with Gasteiger partial charge in [0.05, 0.1) is 13.2 Å². The lowest BCUT2D eigenvalue weighted by Gasteiger charge is -2.17. The number of hydrogen-bond acceptors (Lipinski definition) is 3. The van der Waals surface area contributed by atoms with Gasteiger partial charge in [-0.3, -0.25) is 4.98 Å². The summed E-state index contributed by atoms with van der Waals surface area (Å²) in [5.41, 5.74) is 4.59. The Morgan fingerprint density at radius 3 is 2.46 bits per heavy atom. The van der Waals surface area contributed by atoms with Crippen LogP contribution < -0.4 is 9.47 Å². The van der Waals surface area contributed by atoms with Crippen LogP contribution in [0.3, 0.4) is 0 Å². The van der Waals surface area contributed by atoms with Gasteiger partial charge in [0.15, 0.2) is 11.5 Å². The Hall–Kier alpha value is -3.07. The molecule has 0 amide bonds. The van der Waals surface area contributed by atoms with Gasteiger partial charge < -0.3 is 9.47 Å². The average Bonchev–Trinajstić information content (AvgIpc) is 3.26. The molecule has 0 atom stereocenters. The van der Waals surface area contributed by atoms with Crippen LogP contribution in [0.5, 0.6) is 11.5 Å². The first-order valence-electron chi connectivity index (χ1n) is 9.86. The maximum absolute atomic E-state index is 6.28. The molecule has 0 spiro atoms. The predicted octanol–water partition coefficient (Wildman–Crippen LogP) is 6.25. The Morgan fingerprint density at radius 2 is 1.68 bits per heavy atom. The van der Waals surface area contributed by atoms with Crippen molar-refractivity contribution in [2.24, 2.45) is 0 Å². The van der Waals surface area contributed by atoms with Gasteiger partial charge in [-0.2, -0.15) is 0 Å². The molecule has 1 fully saturated rings. The minimum absolute atomic E-state index is 0.297. The van der Waals surface area contributed by atoms with E-state index in [0.29, 0.717) is 6.10 Å². The summed E-state index contributed by atoms with van der Waals surface area (Å²) in [6.45, 7) is 0. The van der Waals surface area contributed by atoms with Crippen molar-refractivity contribution in [1.82, 2.24) is 4.98 Å². The van der Waals surface area contributed by atoms with Gasteiger partial charge in [-0.25, -0.2) is 0 Å². The van der Waals surface area contributed by atoms with Gasteiger partial charge >= 0.3 is 0 Å². The fraction of sp³-hybridized carbons (Fsp3) is 0.240. The maximum Gasteiger partial charge on any atom is 0.162 e. The zero-order valence-corrected chi connectivity index (χ0v) is 16.2. The smallest absolute Gasteiger partial charge is 0.162 e. The third-order valence-electron chi connectivity index (χ3n) is 5.19. The standard InChI is InChI=1S/C25H25NO2/c1-27-24-13-12-21(18-25(24)28-22-7-3-4-8-22)23-9-5-2-6-20(23)11-10-19-14-16-26-17-15-19/h2,5-6,9-18,22H,3-4,7-8H2,1H3. The summed E-state index contributed by atoms with van der Waals surface area (Å²) in [6.07, 6.45) is 12.9. The van der Waals surface area contributed by atoms with Gasteiger partial charge in [-0.15, -0.1) is 0 Å². The number of aromatic nitrogens is 1. The Bertz CT molecular complexity index is 944. The highest BCUT2D eigenvalue weighted by molar-refractivity contribution is 5.81. The van der Waals surface area contributed by atoms with Gasteiger partial charge in [0.1, 0.15) is 0 Å². The zero-order chi connectivity index (χ0) is 19.2. The molecule has 1 aliphatic rings. The molecular weight excluding hydrogens is 346 g/mol. The number of rotatable bonds is 6. The largest absolute Gasteiger partial charge is 0.493 e. The molecule has 0 bridgehead atoms. The monoisotopic (exact) mass is 371 g/mol. The lowest BCUT2D eigenvalue weighted by Crippen LogP contribution is -2.11. The van der Waals surface area contributed by atoms with Gasteiger partial charge in [-0.05, 0) is 72.2 Å². The Labute approximate surface area is 166 Å². The molecule has 3 heteroatoms. The molecule has 0 aliphatic heterocycles. The van der Waals surface area contributed by atoms with Crippen molar-refractivity contribution in [3.63, 3.8) is 0 Å². The Morgan fingerprint density at radius 1 is 0.893 bits per heavy atom. The summed E-state index contributed by atoms with van der Waals surface area (Å²) in [6, 6.07) is 18.6. The predicted molar refractivity (Wildman–Crippen MR) is 114 cm³/mol. The minimum atomic E-state index is 0.297. The molecule has 142 valence electrons. The van der Waals surface area contributed by atoms with Gasteiger partial charge in [-0.1, -0.05) is 42.5 Å². The molecule has 0 saturated heterocycles. The van der Waals surface area contributed by atoms with Crippen LogP contribution in [0.1, 0.15) is 36.8 Å². The first-order valence-corrected chi connectivity index (χ1v) is 9.86. The molecule has 1 heterocycles. The van der Waals surface area contributed by atoms with Crippen LogP contribution >= 0.6 is 0 Å². The van der Waals surface area contributed by atoms with E-state index in [2.05, 4.69) is 53.5 Å². The zero-order valence-electron chi connectivity index (χ0n) is 16.2. The van der Waals surface area contributed by atoms with Gasteiger partial charge in [0, 0.05) is 12.4 Å². The molecular formula is C25H25NO2. The normalized spacial score (nSPS) is 14.5. The van der Waals surface area contributed by atoms with Crippen LogP contribution in [-0.2, 0) is 0 Å². The highest BCUT2D eigenvalue weighted by Gasteiger charge is 2.19. The summed E-state index contributed by atoms with van der Waals surface area (Å²) in [4.78, 5) is 4.07. The number of benzene rings is 2. The van der Waals surface area contributed by atoms with Crippen LogP contribution in [0.25, 0.3) is 23.3 Å². The van der Waals surface area contributed by atoms with E-state index in [9.17, 15) is 0 Å². The molecule has 0 N–H and O–H groups in total. The third kappa shape index (κ3) is 4.25. The van der Waals surface area contributed by atoms with E-state index in [1.165, 1.54) is 18.4 Å². The van der Waals surface area contributed by atoms with E-state index in [1.807, 2.05) is 30.6 Å². The number of pyridine rings is 1. The van der Waals surface area contributed by atoms with E-state index < -0.39 is 0 Å². The lowest BCUT2D eigenvalue weighted by molar-refractivity contribution is 0.201. The average molecular weight is 371 g/mol. The molecule has 3 nitrogen and oxygen atoms in total. The van der Waals surface area contributed by atoms with Crippen LogP contribution in [0, 0.1) is 0 Å². The molecule has 3 aromatic rings. The highest BCUT2D eigenvalue weighted by Crippen LogP contribution is 2.36. The number of nitrogens with zero attached hydrogens (tertiary/aromatic N) is 1. The van der Waals surface area contributed by atoms with E-state index in [-0.39, 0.29) is 0 Å². The van der Waals surface area contributed by atoms with E-state index in [0.717, 1.165) is 41.0 Å². The molecule has 1 aromatic heterocycles. The molecule has 28 heavy (non-hydrogen) atoms. The summed E-state index contributed by atoms with van der Waals surface area (Å²) in [7, 11) is 1.70. The fourth-order valence-corrected chi connectivity index (χ4v) is 3.69. The van der Waals surface area contributed by atoms with Crippen molar-refractivity contribution in [3.05, 3.63) is 78.1 Å². The molecule has 4 rings (SSSR count). The number of hydrogen-bond donors (Lipinski definition) is 0. The first kappa shape index (κ1) is 18.3. The van der Waals surface area contributed by atoms with Gasteiger partial charge in [0.25, 0.3) is 0 Å². The second-order valence-electron chi connectivity index (χ2n) is 7.09. The van der Waals surface area contributed by atoms with Crippen LogP contribution in [0.4, 0.5) is 0 Å². The molecule has 2 aromatic carbocycles. The van der Waals surface area contributed by atoms with Crippen molar-refractivity contribution in [2.75, 3.05) is 7.11 Å². The maximum atomic E-state index is 6.28. The molecule has 0 radical (unpaired) electrons. The van der Waals surface area contributed by atoms with Crippen LogP contribution in [0.15, 0.2) is 67.0 Å². The summed E-state index contributed by atoms with van der Waals surface area (Å²) in [5, 5.41) is 0. The number of ether oxygens (including phenoxy) is 2. The topological polar surface area (TPSA) is 31.4 Å². The minimum Gasteiger partial charge on any atom is -0.493 e. The van der Waals surface area contributed by atoms with Crippen LogP contribution in [0.2, 0.25) is 0 Å².